The highest BCUT2D eigenvalue weighted by Crippen LogP contribution is 2.15. The van der Waals surface area contributed by atoms with Crippen LogP contribution in [0.1, 0.15) is 5.56 Å². The van der Waals surface area contributed by atoms with E-state index in [-0.39, 0.29) is 11.8 Å². The minimum atomic E-state index is -0.232. The van der Waals surface area contributed by atoms with Crippen LogP contribution >= 0.6 is 11.6 Å². The molecule has 6 heteroatoms. The molecule has 2 rings (SSSR count). The Morgan fingerprint density at radius 1 is 1.26 bits per heavy atom. The Hall–Kier alpha value is -1.88. The maximum absolute atomic E-state index is 12.7. The van der Waals surface area contributed by atoms with E-state index in [1.807, 2.05) is 0 Å². The predicted molar refractivity (Wildman–Crippen MR) is 72.2 cm³/mol. The van der Waals surface area contributed by atoms with Crippen LogP contribution in [0.15, 0.2) is 30.3 Å². The number of anilines is 1. The van der Waals surface area contributed by atoms with E-state index in [1.54, 1.807) is 18.2 Å². The summed E-state index contributed by atoms with van der Waals surface area (Å²) in [4.78, 5) is 7.99. The first-order chi connectivity index (χ1) is 9.17. The number of halogens is 2. The molecule has 1 N–H and O–H groups in total. The first-order valence-electron chi connectivity index (χ1n) is 5.74. The van der Waals surface area contributed by atoms with Crippen LogP contribution in [0.2, 0.25) is 5.15 Å². The van der Waals surface area contributed by atoms with Gasteiger partial charge < -0.3 is 10.1 Å². The number of hydrogen-bond acceptors (Lipinski definition) is 4. The molecule has 0 radical (unpaired) electrons. The second-order valence-electron chi connectivity index (χ2n) is 3.87. The summed E-state index contributed by atoms with van der Waals surface area (Å²) >= 11 is 5.83. The van der Waals surface area contributed by atoms with E-state index in [0.717, 1.165) is 12.0 Å². The monoisotopic (exact) mass is 281 g/mol. The number of hydrogen-bond donors (Lipinski definition) is 1. The predicted octanol–water partition coefficient (Wildman–Crippen LogP) is 2.93. The van der Waals surface area contributed by atoms with Gasteiger partial charge in [0.2, 0.25) is 0 Å². The second-order valence-corrected chi connectivity index (χ2v) is 4.25. The summed E-state index contributed by atoms with van der Waals surface area (Å²) in [7, 11) is 1.48. The summed E-state index contributed by atoms with van der Waals surface area (Å²) in [5.74, 6) is 0.364. The number of ether oxygens (including phenoxy) is 1. The molecule has 0 aliphatic carbocycles. The zero-order chi connectivity index (χ0) is 13.7. The van der Waals surface area contributed by atoms with Gasteiger partial charge in [-0.05, 0) is 24.1 Å². The Balaban J connectivity index is 1.92. The molecule has 0 spiro atoms. The molecule has 0 fully saturated rings. The van der Waals surface area contributed by atoms with Crippen molar-refractivity contribution in [1.82, 2.24) is 9.97 Å². The van der Waals surface area contributed by atoms with E-state index in [9.17, 15) is 4.39 Å². The lowest BCUT2D eigenvalue weighted by molar-refractivity contribution is 0.380. The van der Waals surface area contributed by atoms with Crippen LogP contribution in [0.25, 0.3) is 0 Å². The van der Waals surface area contributed by atoms with Gasteiger partial charge in [0.25, 0.3) is 0 Å². The molecule has 0 amide bonds. The molecule has 0 aliphatic heterocycles. The number of rotatable bonds is 5. The van der Waals surface area contributed by atoms with Gasteiger partial charge in [-0.1, -0.05) is 23.7 Å². The van der Waals surface area contributed by atoms with Crippen LogP contribution in [-0.4, -0.2) is 23.6 Å². The maximum Gasteiger partial charge on any atom is 0.319 e. The van der Waals surface area contributed by atoms with Gasteiger partial charge in [-0.2, -0.15) is 9.97 Å². The van der Waals surface area contributed by atoms with E-state index in [2.05, 4.69) is 15.3 Å². The van der Waals surface area contributed by atoms with Gasteiger partial charge >= 0.3 is 6.01 Å². The van der Waals surface area contributed by atoms with Gasteiger partial charge in [-0.15, -0.1) is 0 Å². The van der Waals surface area contributed by atoms with Crippen LogP contribution in [0, 0.1) is 5.82 Å². The first kappa shape index (κ1) is 13.5. The Labute approximate surface area is 115 Å². The summed E-state index contributed by atoms with van der Waals surface area (Å²) in [6.07, 6.45) is 0.754. The van der Waals surface area contributed by atoms with Crippen molar-refractivity contribution in [3.63, 3.8) is 0 Å². The van der Waals surface area contributed by atoms with Crippen LogP contribution in [0.4, 0.5) is 10.2 Å². The molecular formula is C13H13ClFN3O. The zero-order valence-electron chi connectivity index (χ0n) is 10.4. The molecule has 100 valence electrons. The minimum absolute atomic E-state index is 0.219. The van der Waals surface area contributed by atoms with E-state index in [1.165, 1.54) is 19.2 Å². The highest BCUT2D eigenvalue weighted by atomic mass is 35.5. The average Bonchev–Trinajstić information content (AvgIpc) is 2.40. The fourth-order valence-corrected chi connectivity index (χ4v) is 1.74. The van der Waals surface area contributed by atoms with E-state index >= 15 is 0 Å². The van der Waals surface area contributed by atoms with E-state index in [0.29, 0.717) is 17.5 Å². The highest BCUT2D eigenvalue weighted by molar-refractivity contribution is 6.29. The standard InChI is InChI=1S/C13H13ClFN3O/c1-19-13-17-11(14)8-12(18-13)16-7-6-9-2-4-10(15)5-3-9/h2-5,8H,6-7H2,1H3,(H,16,17,18). The maximum atomic E-state index is 12.7. The molecular weight excluding hydrogens is 269 g/mol. The lowest BCUT2D eigenvalue weighted by atomic mass is 10.1. The summed E-state index contributed by atoms with van der Waals surface area (Å²) < 4.78 is 17.7. The van der Waals surface area contributed by atoms with Crippen LogP contribution in [-0.2, 0) is 6.42 Å². The Bertz CT molecular complexity index is 548. The lowest BCUT2D eigenvalue weighted by Gasteiger charge is -2.07. The Morgan fingerprint density at radius 3 is 2.68 bits per heavy atom. The number of methoxy groups -OCH3 is 1. The largest absolute Gasteiger partial charge is 0.467 e. The van der Waals surface area contributed by atoms with Gasteiger partial charge in [0.05, 0.1) is 7.11 Å². The molecule has 1 aromatic heterocycles. The molecule has 1 aromatic carbocycles. The van der Waals surface area contributed by atoms with Crippen LogP contribution in [0.3, 0.4) is 0 Å². The number of aromatic nitrogens is 2. The quantitative estimate of drug-likeness (QED) is 0.856. The Kier molecular flexibility index (Phi) is 4.52. The van der Waals surface area contributed by atoms with Crippen molar-refractivity contribution in [1.29, 1.82) is 0 Å². The fraction of sp³-hybridized carbons (Fsp3) is 0.231. The molecule has 19 heavy (non-hydrogen) atoms. The topological polar surface area (TPSA) is 47.0 Å². The third-order valence-electron chi connectivity index (χ3n) is 2.49. The molecule has 0 saturated heterocycles. The third kappa shape index (κ3) is 4.06. The zero-order valence-corrected chi connectivity index (χ0v) is 11.1. The van der Waals surface area contributed by atoms with Crippen molar-refractivity contribution in [2.45, 2.75) is 6.42 Å². The van der Waals surface area contributed by atoms with Gasteiger partial charge in [0.1, 0.15) is 16.8 Å². The molecule has 1 heterocycles. The van der Waals surface area contributed by atoms with Gasteiger partial charge in [-0.25, -0.2) is 4.39 Å². The number of benzene rings is 1. The molecule has 2 aromatic rings. The van der Waals surface area contributed by atoms with Gasteiger partial charge in [-0.3, -0.25) is 0 Å². The summed E-state index contributed by atoms with van der Waals surface area (Å²) in [6, 6.07) is 8.24. The van der Waals surface area contributed by atoms with Crippen molar-refractivity contribution in [3.05, 3.63) is 46.9 Å². The Morgan fingerprint density at radius 2 is 2.00 bits per heavy atom. The van der Waals surface area contributed by atoms with Crippen LogP contribution < -0.4 is 10.1 Å². The van der Waals surface area contributed by atoms with Gasteiger partial charge in [0, 0.05) is 12.6 Å². The normalized spacial score (nSPS) is 10.3. The number of nitrogens with zero attached hydrogens (tertiary/aromatic N) is 2. The van der Waals surface area contributed by atoms with Crippen molar-refractivity contribution in [2.75, 3.05) is 19.0 Å². The first-order valence-corrected chi connectivity index (χ1v) is 6.12. The average molecular weight is 282 g/mol. The smallest absolute Gasteiger partial charge is 0.319 e. The highest BCUT2D eigenvalue weighted by Gasteiger charge is 2.02. The van der Waals surface area contributed by atoms with Crippen molar-refractivity contribution in [3.8, 4) is 6.01 Å². The molecule has 0 aliphatic rings. The summed E-state index contributed by atoms with van der Waals surface area (Å²) in [5, 5.41) is 3.43. The number of nitrogens with one attached hydrogen (secondary N) is 1. The molecule has 0 unspecified atom stereocenters. The molecule has 0 atom stereocenters. The van der Waals surface area contributed by atoms with Crippen molar-refractivity contribution >= 4 is 17.4 Å². The molecule has 4 nitrogen and oxygen atoms in total. The third-order valence-corrected chi connectivity index (χ3v) is 2.68. The van der Waals surface area contributed by atoms with Crippen molar-refractivity contribution in [2.24, 2.45) is 0 Å². The van der Waals surface area contributed by atoms with Crippen LogP contribution in [0.5, 0.6) is 6.01 Å². The summed E-state index contributed by atoms with van der Waals surface area (Å²) in [5.41, 5.74) is 1.04. The van der Waals surface area contributed by atoms with Crippen molar-refractivity contribution < 1.29 is 9.13 Å². The van der Waals surface area contributed by atoms with Gasteiger partial charge in [0.15, 0.2) is 0 Å². The fourth-order valence-electron chi connectivity index (χ4n) is 1.56. The van der Waals surface area contributed by atoms with E-state index < -0.39 is 0 Å². The molecule has 0 bridgehead atoms. The molecule has 0 saturated carbocycles. The lowest BCUT2D eigenvalue weighted by Crippen LogP contribution is -2.07. The van der Waals surface area contributed by atoms with E-state index in [4.69, 9.17) is 16.3 Å². The SMILES string of the molecule is COc1nc(Cl)cc(NCCc2ccc(F)cc2)n1. The minimum Gasteiger partial charge on any atom is -0.467 e. The summed E-state index contributed by atoms with van der Waals surface area (Å²) in [6.45, 7) is 0.655. The second kappa shape index (κ2) is 6.33.